The predicted octanol–water partition coefficient (Wildman–Crippen LogP) is 14.8. The first kappa shape index (κ1) is 72.1. The second kappa shape index (κ2) is 48.2. The van der Waals surface area contributed by atoms with E-state index in [1.54, 1.807) is 0 Å². The first-order chi connectivity index (χ1) is 30.0. The fourth-order valence-electron chi connectivity index (χ4n) is 6.68. The van der Waals surface area contributed by atoms with E-state index in [0.29, 0.717) is 35.5 Å². The first-order valence-electron chi connectivity index (χ1n) is 25.8. The number of phosphoric ester groups is 3. The molecule has 6 unspecified atom stereocenters. The van der Waals surface area contributed by atoms with Gasteiger partial charge < -0.3 is 41.8 Å². The summed E-state index contributed by atoms with van der Waals surface area (Å²) in [6.07, 6.45) is 25.1. The Morgan fingerprint density at radius 1 is 0.297 bits per heavy atom. The van der Waals surface area contributed by atoms with E-state index in [4.69, 9.17) is 27.1 Å². The average Bonchev–Trinajstić information content (AvgIpc) is 3.27. The molecule has 0 radical (unpaired) electrons. The van der Waals surface area contributed by atoms with Gasteiger partial charge in [0.05, 0.1) is 39.6 Å². The van der Waals surface area contributed by atoms with Crippen LogP contribution in [-0.2, 0) is 40.8 Å². The molecule has 0 bridgehead atoms. The van der Waals surface area contributed by atoms with Crippen LogP contribution in [0.3, 0.4) is 0 Å². The summed E-state index contributed by atoms with van der Waals surface area (Å²) >= 11 is 0. The normalized spacial score (nSPS) is 17.1. The maximum Gasteiger partial charge on any atom is 3.00 e. The number of rotatable bonds is 42. The van der Waals surface area contributed by atoms with Crippen LogP contribution in [0.1, 0.15) is 237 Å². The molecule has 12 nitrogen and oxygen atoms in total. The van der Waals surface area contributed by atoms with Gasteiger partial charge in [0, 0.05) is 0 Å². The molecule has 0 spiro atoms. The molecule has 0 fully saturated rings. The zero-order chi connectivity index (χ0) is 48.4. The Labute approximate surface area is 426 Å². The molecule has 392 valence electrons. The van der Waals surface area contributed by atoms with Crippen molar-refractivity contribution in [1.29, 1.82) is 0 Å². The molecule has 0 aromatic carbocycles. The van der Waals surface area contributed by atoms with Crippen LogP contribution in [0.5, 0.6) is 0 Å². The van der Waals surface area contributed by atoms with Crippen molar-refractivity contribution in [3.05, 3.63) is 0 Å². The maximum atomic E-state index is 11.8. The fraction of sp³-hybridized carbons (Fsp3) is 1.00. The van der Waals surface area contributed by atoms with Crippen LogP contribution < -0.4 is 14.7 Å². The van der Waals surface area contributed by atoms with Crippen molar-refractivity contribution in [1.82, 2.24) is 0 Å². The van der Waals surface area contributed by atoms with Crippen LogP contribution in [0.25, 0.3) is 0 Å². The minimum atomic E-state index is -4.14. The van der Waals surface area contributed by atoms with Crippen molar-refractivity contribution < 1.29 is 93.3 Å². The molecule has 0 aromatic rings. The average molecular weight is 1130 g/mol. The van der Waals surface area contributed by atoms with Gasteiger partial charge in [-0.05, 0) is 74.0 Å². The van der Waals surface area contributed by atoms with Crippen LogP contribution in [0, 0.1) is 73.2 Å². The zero-order valence-corrected chi connectivity index (χ0v) is 47.8. The van der Waals surface area contributed by atoms with Crippen molar-refractivity contribution >= 4 is 23.5 Å². The third-order valence-corrected chi connectivity index (χ3v) is 14.9. The van der Waals surface area contributed by atoms with Gasteiger partial charge in [-0.25, -0.2) is 0 Å². The standard InChI is InChI=1S/3C16H35O4P.Ho/c3*1-5-9-11-15(7-3)13-19-21(17,18)20-14-16(8-4)12-10-6-2;/h3*15-16H,5-14H2,1-4H3,(H,17,18);/q;;;+3/p-3. The SMILES string of the molecule is CCCCC(CC)COP(=O)([O-])OCC(CC)CCCC.CCCCC(CC)COP(=O)([O-])OCC(CC)CCCC.CCCCC(CC)COP(=O)([O-])OCC(CC)CCCC.[Ho+3]. The summed E-state index contributed by atoms with van der Waals surface area (Å²) in [5, 5.41) is 0. The molecule has 0 rings (SSSR count). The van der Waals surface area contributed by atoms with Gasteiger partial charge in [0.2, 0.25) is 0 Å². The Hall–Kier alpha value is 1.59. The molecule has 0 saturated heterocycles. The van der Waals surface area contributed by atoms with Crippen LogP contribution in [0.15, 0.2) is 0 Å². The maximum absolute atomic E-state index is 11.8. The van der Waals surface area contributed by atoms with Crippen LogP contribution >= 0.6 is 23.5 Å². The molecular formula is C48H102HoO12P3. The van der Waals surface area contributed by atoms with E-state index in [1.165, 1.54) is 0 Å². The minimum Gasteiger partial charge on any atom is -0.756 e. The molecule has 0 amide bonds. The monoisotopic (exact) mass is 1130 g/mol. The van der Waals surface area contributed by atoms with Crippen molar-refractivity contribution in [2.45, 2.75) is 237 Å². The molecule has 0 heterocycles. The van der Waals surface area contributed by atoms with E-state index in [-0.39, 0.29) is 77.4 Å². The summed E-state index contributed by atoms with van der Waals surface area (Å²) in [5.74, 6) is 1.82. The Morgan fingerprint density at radius 3 is 0.516 bits per heavy atom. The van der Waals surface area contributed by atoms with Gasteiger partial charge in [-0.15, -0.1) is 0 Å². The molecule has 6 atom stereocenters. The summed E-state index contributed by atoms with van der Waals surface area (Å²) < 4.78 is 65.7. The van der Waals surface area contributed by atoms with Crippen molar-refractivity contribution in [3.63, 3.8) is 0 Å². The van der Waals surface area contributed by atoms with E-state index < -0.39 is 23.5 Å². The Kier molecular flexibility index (Phi) is 54.4. The van der Waals surface area contributed by atoms with Gasteiger partial charge in [0.25, 0.3) is 23.5 Å². The van der Waals surface area contributed by atoms with Gasteiger partial charge in [0.15, 0.2) is 0 Å². The van der Waals surface area contributed by atoms with Crippen LogP contribution in [0.2, 0.25) is 0 Å². The largest absolute Gasteiger partial charge is 3.00 e. The summed E-state index contributed by atoms with van der Waals surface area (Å²) in [5.41, 5.74) is 0. The smallest absolute Gasteiger partial charge is 0.756 e. The topological polar surface area (TPSA) is 176 Å². The van der Waals surface area contributed by atoms with Gasteiger partial charge in [0.1, 0.15) is 0 Å². The summed E-state index contributed by atoms with van der Waals surface area (Å²) in [4.78, 5) is 35.4. The van der Waals surface area contributed by atoms with Crippen molar-refractivity contribution in [3.8, 4) is 0 Å². The number of unbranched alkanes of at least 4 members (excludes halogenated alkanes) is 6. The third-order valence-electron chi connectivity index (χ3n) is 12.1. The van der Waals surface area contributed by atoms with Crippen LogP contribution in [-0.4, -0.2) is 39.6 Å². The van der Waals surface area contributed by atoms with E-state index in [0.717, 1.165) is 154 Å². The summed E-state index contributed by atoms with van der Waals surface area (Å²) in [6, 6.07) is 0. The quantitative estimate of drug-likeness (QED) is 0.0418. The van der Waals surface area contributed by atoms with E-state index in [1.807, 2.05) is 0 Å². The summed E-state index contributed by atoms with van der Waals surface area (Å²) in [6.45, 7) is 26.7. The van der Waals surface area contributed by atoms with Crippen molar-refractivity contribution in [2.75, 3.05) is 39.6 Å². The molecule has 64 heavy (non-hydrogen) atoms. The fourth-order valence-corrected chi connectivity index (χ4v) is 9.26. The van der Waals surface area contributed by atoms with E-state index in [2.05, 4.69) is 83.1 Å². The Bertz CT molecular complexity index is 919. The summed E-state index contributed by atoms with van der Waals surface area (Å²) in [7, 11) is -12.4. The van der Waals surface area contributed by atoms with Gasteiger partial charge in [-0.3, -0.25) is 13.7 Å². The Morgan fingerprint density at radius 2 is 0.422 bits per heavy atom. The Balaban J connectivity index is -0.000000419. The molecule has 0 aliphatic heterocycles. The van der Waals surface area contributed by atoms with E-state index in [9.17, 15) is 28.4 Å². The predicted molar refractivity (Wildman–Crippen MR) is 258 cm³/mol. The molecule has 0 aliphatic carbocycles. The van der Waals surface area contributed by atoms with Gasteiger partial charge in [-0.2, -0.15) is 0 Å². The van der Waals surface area contributed by atoms with Crippen LogP contribution in [0.4, 0.5) is 0 Å². The molecule has 0 aliphatic rings. The first-order valence-corrected chi connectivity index (χ1v) is 30.1. The number of hydrogen-bond acceptors (Lipinski definition) is 12. The van der Waals surface area contributed by atoms with E-state index >= 15 is 0 Å². The third kappa shape index (κ3) is 46.0. The number of phosphoric acid groups is 3. The van der Waals surface area contributed by atoms with Gasteiger partial charge >= 0.3 is 37.7 Å². The second-order valence-corrected chi connectivity index (χ2v) is 21.8. The van der Waals surface area contributed by atoms with Crippen molar-refractivity contribution in [2.24, 2.45) is 35.5 Å². The zero-order valence-electron chi connectivity index (χ0n) is 43.2. The number of hydrogen-bond donors (Lipinski definition) is 0. The van der Waals surface area contributed by atoms with Gasteiger partial charge in [-0.1, -0.05) is 199 Å². The molecule has 16 heteroatoms. The molecule has 0 saturated carbocycles. The minimum absolute atomic E-state index is 0. The molecular weight excluding hydrogens is 1030 g/mol. The second-order valence-electron chi connectivity index (χ2n) is 17.6. The molecule has 0 N–H and O–H groups in total. The molecule has 0 aromatic heterocycles.